The third-order valence-electron chi connectivity index (χ3n) is 5.44. The van der Waals surface area contributed by atoms with Gasteiger partial charge < -0.3 is 4.74 Å². The SMILES string of the molecule is N#CC=C1CC2CN(Cc3ccccc3)CC1N2C(=O)OCc1ccccc1. The molecule has 5 heteroatoms. The normalized spacial score (nSPS) is 22.8. The predicted octanol–water partition coefficient (Wildman–Crippen LogP) is 3.73. The molecule has 2 saturated heterocycles. The maximum absolute atomic E-state index is 12.8. The Morgan fingerprint density at radius 2 is 1.75 bits per heavy atom. The zero-order chi connectivity index (χ0) is 19.3. The van der Waals surface area contributed by atoms with Crippen LogP contribution in [0.1, 0.15) is 17.5 Å². The molecule has 0 radical (unpaired) electrons. The van der Waals surface area contributed by atoms with Crippen LogP contribution in [0.4, 0.5) is 4.79 Å². The first-order chi connectivity index (χ1) is 13.7. The van der Waals surface area contributed by atoms with Crippen molar-refractivity contribution in [1.82, 2.24) is 9.80 Å². The molecular weight excluding hydrogens is 350 g/mol. The third kappa shape index (κ3) is 3.92. The molecule has 1 amide bonds. The summed E-state index contributed by atoms with van der Waals surface area (Å²) in [4.78, 5) is 17.0. The van der Waals surface area contributed by atoms with E-state index in [1.54, 1.807) is 6.08 Å². The number of carbonyl (C=O) groups excluding carboxylic acids is 1. The molecule has 0 aliphatic carbocycles. The van der Waals surface area contributed by atoms with Crippen molar-refractivity contribution in [2.24, 2.45) is 0 Å². The maximum Gasteiger partial charge on any atom is 0.410 e. The first-order valence-corrected chi connectivity index (χ1v) is 9.58. The standard InChI is InChI=1S/C23H23N3O2/c24-12-11-20-13-21-15-25(14-18-7-3-1-4-8-18)16-22(20)26(21)23(27)28-17-19-9-5-2-6-10-19/h1-11,21-22H,13-17H2. The van der Waals surface area contributed by atoms with Crippen LogP contribution < -0.4 is 0 Å². The lowest BCUT2D eigenvalue weighted by molar-refractivity contribution is 0.0392. The van der Waals surface area contributed by atoms with Gasteiger partial charge in [0.05, 0.1) is 18.2 Å². The van der Waals surface area contributed by atoms with E-state index in [0.29, 0.717) is 0 Å². The minimum atomic E-state index is -0.292. The predicted molar refractivity (Wildman–Crippen MR) is 106 cm³/mol. The van der Waals surface area contributed by atoms with Gasteiger partial charge in [-0.25, -0.2) is 4.79 Å². The van der Waals surface area contributed by atoms with E-state index in [-0.39, 0.29) is 24.8 Å². The lowest BCUT2D eigenvalue weighted by Gasteiger charge is -2.40. The Morgan fingerprint density at radius 1 is 1.07 bits per heavy atom. The smallest absolute Gasteiger partial charge is 0.410 e. The summed E-state index contributed by atoms with van der Waals surface area (Å²) in [6.07, 6.45) is 2.05. The van der Waals surface area contributed by atoms with E-state index in [1.165, 1.54) is 5.56 Å². The Hall–Kier alpha value is -3.10. The van der Waals surface area contributed by atoms with Crippen LogP contribution in [0.5, 0.6) is 0 Å². The molecule has 2 aromatic rings. The fourth-order valence-corrected chi connectivity index (χ4v) is 4.19. The molecule has 2 aromatic carbocycles. The minimum absolute atomic E-state index is 0.0466. The zero-order valence-electron chi connectivity index (χ0n) is 15.7. The number of ether oxygens (including phenoxy) is 1. The topological polar surface area (TPSA) is 56.6 Å². The summed E-state index contributed by atoms with van der Waals surface area (Å²) in [6.45, 7) is 2.62. The molecule has 0 N–H and O–H groups in total. The van der Waals surface area contributed by atoms with Crippen LogP contribution in [0.3, 0.4) is 0 Å². The van der Waals surface area contributed by atoms with Crippen molar-refractivity contribution in [3.8, 4) is 6.07 Å². The van der Waals surface area contributed by atoms with Crippen molar-refractivity contribution in [3.05, 3.63) is 83.4 Å². The van der Waals surface area contributed by atoms with Gasteiger partial charge in [0.15, 0.2) is 0 Å². The fourth-order valence-electron chi connectivity index (χ4n) is 4.19. The van der Waals surface area contributed by atoms with Crippen molar-refractivity contribution >= 4 is 6.09 Å². The molecule has 2 aliphatic heterocycles. The molecule has 0 aromatic heterocycles. The molecule has 5 nitrogen and oxygen atoms in total. The summed E-state index contributed by atoms with van der Waals surface area (Å²) in [5.41, 5.74) is 3.26. The van der Waals surface area contributed by atoms with Gasteiger partial charge in [0.2, 0.25) is 0 Å². The summed E-state index contributed by atoms with van der Waals surface area (Å²) in [5.74, 6) is 0. The Kier molecular flexibility index (Phi) is 5.41. The molecule has 28 heavy (non-hydrogen) atoms. The van der Waals surface area contributed by atoms with Crippen LogP contribution in [0.25, 0.3) is 0 Å². The second-order valence-electron chi connectivity index (χ2n) is 7.35. The summed E-state index contributed by atoms with van der Waals surface area (Å²) in [6, 6.07) is 22.1. The number of nitriles is 1. The van der Waals surface area contributed by atoms with Gasteiger partial charge in [-0.3, -0.25) is 9.80 Å². The largest absolute Gasteiger partial charge is 0.445 e. The van der Waals surface area contributed by atoms with E-state index < -0.39 is 0 Å². The van der Waals surface area contributed by atoms with E-state index in [1.807, 2.05) is 53.4 Å². The Labute approximate surface area is 165 Å². The van der Waals surface area contributed by atoms with Gasteiger partial charge in [-0.2, -0.15) is 5.26 Å². The van der Waals surface area contributed by atoms with Gasteiger partial charge in [-0.15, -0.1) is 0 Å². The number of allylic oxidation sites excluding steroid dienone is 1. The van der Waals surface area contributed by atoms with Crippen molar-refractivity contribution < 1.29 is 9.53 Å². The third-order valence-corrected chi connectivity index (χ3v) is 5.44. The molecule has 2 atom stereocenters. The number of hydrogen-bond acceptors (Lipinski definition) is 4. The zero-order valence-corrected chi connectivity index (χ0v) is 15.7. The van der Waals surface area contributed by atoms with Crippen LogP contribution in [0.15, 0.2) is 72.3 Å². The van der Waals surface area contributed by atoms with Gasteiger partial charge in [0.25, 0.3) is 0 Å². The van der Waals surface area contributed by atoms with Crippen molar-refractivity contribution in [2.45, 2.75) is 31.7 Å². The number of amides is 1. The first-order valence-electron chi connectivity index (χ1n) is 9.58. The summed E-state index contributed by atoms with van der Waals surface area (Å²) >= 11 is 0. The Morgan fingerprint density at radius 3 is 2.43 bits per heavy atom. The van der Waals surface area contributed by atoms with E-state index in [4.69, 9.17) is 10.00 Å². The van der Waals surface area contributed by atoms with Gasteiger partial charge in [0.1, 0.15) is 6.61 Å². The van der Waals surface area contributed by atoms with E-state index >= 15 is 0 Å². The lowest BCUT2D eigenvalue weighted by atomic mass is 10.1. The number of hydrogen-bond donors (Lipinski definition) is 0. The van der Waals surface area contributed by atoms with Crippen LogP contribution in [0, 0.1) is 11.3 Å². The second kappa shape index (κ2) is 8.28. The molecule has 2 heterocycles. The molecule has 4 rings (SSSR count). The highest BCUT2D eigenvalue weighted by atomic mass is 16.6. The average molecular weight is 373 g/mol. The van der Waals surface area contributed by atoms with Crippen LogP contribution in [-0.4, -0.2) is 41.1 Å². The molecular formula is C23H23N3O2. The highest BCUT2D eigenvalue weighted by Gasteiger charge is 2.46. The fraction of sp³-hybridized carbons (Fsp3) is 0.304. The number of benzene rings is 2. The highest BCUT2D eigenvalue weighted by molar-refractivity contribution is 5.70. The molecule has 2 aliphatic rings. The number of nitrogens with zero attached hydrogens (tertiary/aromatic N) is 3. The van der Waals surface area contributed by atoms with Gasteiger partial charge in [0, 0.05) is 25.7 Å². The summed E-state index contributed by atoms with van der Waals surface area (Å²) < 4.78 is 5.59. The molecule has 0 spiro atoms. The van der Waals surface area contributed by atoms with Crippen LogP contribution >= 0.6 is 0 Å². The number of likely N-dealkylation sites (tertiary alicyclic amines) is 1. The van der Waals surface area contributed by atoms with Gasteiger partial charge >= 0.3 is 6.09 Å². The number of piperazine rings is 1. The summed E-state index contributed by atoms with van der Waals surface area (Å²) in [5, 5.41) is 9.15. The van der Waals surface area contributed by atoms with E-state index in [0.717, 1.165) is 37.2 Å². The quantitative estimate of drug-likeness (QED) is 0.766. The Bertz CT molecular complexity index is 889. The van der Waals surface area contributed by atoms with E-state index in [2.05, 4.69) is 23.1 Å². The highest BCUT2D eigenvalue weighted by Crippen LogP contribution is 2.35. The van der Waals surface area contributed by atoms with Crippen LogP contribution in [0.2, 0.25) is 0 Å². The molecule has 0 saturated carbocycles. The van der Waals surface area contributed by atoms with Crippen molar-refractivity contribution in [2.75, 3.05) is 13.1 Å². The maximum atomic E-state index is 12.8. The molecule has 2 bridgehead atoms. The van der Waals surface area contributed by atoms with Crippen LogP contribution in [-0.2, 0) is 17.9 Å². The number of fused-ring (bicyclic) bond motifs is 2. The number of rotatable bonds is 4. The van der Waals surface area contributed by atoms with Crippen molar-refractivity contribution in [3.63, 3.8) is 0 Å². The summed E-state index contributed by atoms with van der Waals surface area (Å²) in [7, 11) is 0. The van der Waals surface area contributed by atoms with E-state index in [9.17, 15) is 4.79 Å². The molecule has 2 fully saturated rings. The second-order valence-corrected chi connectivity index (χ2v) is 7.35. The molecule has 2 unspecified atom stereocenters. The van der Waals surface area contributed by atoms with Gasteiger partial charge in [-0.1, -0.05) is 60.7 Å². The lowest BCUT2D eigenvalue weighted by Crippen LogP contribution is -2.55. The van der Waals surface area contributed by atoms with Gasteiger partial charge in [-0.05, 0) is 23.1 Å². The Balaban J connectivity index is 1.46. The van der Waals surface area contributed by atoms with Crippen molar-refractivity contribution in [1.29, 1.82) is 5.26 Å². The first kappa shape index (κ1) is 18.3. The molecule has 142 valence electrons. The average Bonchev–Trinajstić information content (AvgIpc) is 2.95. The minimum Gasteiger partial charge on any atom is -0.445 e. The number of carbonyl (C=O) groups is 1. The monoisotopic (exact) mass is 373 g/mol.